The van der Waals surface area contributed by atoms with Crippen molar-refractivity contribution in [3.63, 3.8) is 0 Å². The summed E-state index contributed by atoms with van der Waals surface area (Å²) in [7, 11) is 0. The quantitative estimate of drug-likeness (QED) is 0.113. The molecule has 0 atom stereocenters. The monoisotopic (exact) mass is 606 g/mol. The first-order valence-electron chi connectivity index (χ1n) is 14.0. The number of hydrogen-bond donors (Lipinski definition) is 0. The fourth-order valence-electron chi connectivity index (χ4n) is 4.88. The van der Waals surface area contributed by atoms with Crippen LogP contribution in [-0.2, 0) is 12.5 Å². The fraction of sp³-hybridized carbons (Fsp3) is 0.167. The number of halogens is 6. The molecule has 0 heterocycles. The minimum absolute atomic E-state index is 0.162. The fourth-order valence-corrected chi connectivity index (χ4v) is 5.00. The van der Waals surface area contributed by atoms with Gasteiger partial charge >= 0.3 is 6.11 Å². The molecule has 0 aliphatic rings. The summed E-state index contributed by atoms with van der Waals surface area (Å²) in [4.78, 5) is 0. The van der Waals surface area contributed by atoms with Gasteiger partial charge in [-0.25, -0.2) is 13.2 Å². The SMILES string of the molecule is CCCCCc1ccc(-c2ccc(-c3ccc(-c4ccc(C(F)(F)Oc5ccc(Cl)c(F)c5)cc4)c(F)c3)c(F)c2)cc1. The molecule has 1 nitrogen and oxygen atoms in total. The summed E-state index contributed by atoms with van der Waals surface area (Å²) in [6.07, 6.45) is 0.728. The standard InChI is InChI=1S/C36H28ClF5O/c1-2-3-4-5-23-6-8-24(9-7-23)26-12-17-31(33(38)20-26)27-13-18-30(34(39)21-27)25-10-14-28(15-11-25)36(41,42)43-29-16-19-32(37)35(40)22-29/h6-22H,2-5H2,1H3. The van der Waals surface area contributed by atoms with Crippen molar-refractivity contribution in [1.29, 1.82) is 0 Å². The van der Waals surface area contributed by atoms with Gasteiger partial charge < -0.3 is 4.74 Å². The number of ether oxygens (including phenoxy) is 1. The summed E-state index contributed by atoms with van der Waals surface area (Å²) >= 11 is 5.59. The molecule has 5 aromatic carbocycles. The molecule has 43 heavy (non-hydrogen) atoms. The zero-order valence-corrected chi connectivity index (χ0v) is 24.1. The lowest BCUT2D eigenvalue weighted by Crippen LogP contribution is -2.21. The third-order valence-electron chi connectivity index (χ3n) is 7.27. The Kier molecular flexibility index (Phi) is 9.16. The van der Waals surface area contributed by atoms with Crippen LogP contribution in [0.5, 0.6) is 5.75 Å². The molecule has 0 aromatic heterocycles. The molecule has 0 N–H and O–H groups in total. The maximum Gasteiger partial charge on any atom is 0.426 e. The molecule has 5 rings (SSSR count). The molecule has 7 heteroatoms. The van der Waals surface area contributed by atoms with Crippen molar-refractivity contribution in [2.75, 3.05) is 0 Å². The van der Waals surface area contributed by atoms with E-state index in [4.69, 9.17) is 11.6 Å². The van der Waals surface area contributed by atoms with Crippen molar-refractivity contribution >= 4 is 11.6 Å². The van der Waals surface area contributed by atoms with Gasteiger partial charge in [0.05, 0.1) is 10.6 Å². The van der Waals surface area contributed by atoms with E-state index in [2.05, 4.69) is 23.8 Å². The van der Waals surface area contributed by atoms with Crippen LogP contribution >= 0.6 is 11.6 Å². The predicted molar refractivity (Wildman–Crippen MR) is 162 cm³/mol. The highest BCUT2D eigenvalue weighted by molar-refractivity contribution is 6.30. The Morgan fingerprint density at radius 3 is 1.81 bits per heavy atom. The molecule has 0 bridgehead atoms. The normalized spacial score (nSPS) is 11.5. The van der Waals surface area contributed by atoms with E-state index in [9.17, 15) is 13.2 Å². The highest BCUT2D eigenvalue weighted by Gasteiger charge is 2.34. The summed E-state index contributed by atoms with van der Waals surface area (Å²) in [5.41, 5.74) is 3.46. The maximum absolute atomic E-state index is 15.2. The predicted octanol–water partition coefficient (Wildman–Crippen LogP) is 11.6. The molecule has 0 fully saturated rings. The van der Waals surface area contributed by atoms with E-state index >= 15 is 8.78 Å². The Balaban J connectivity index is 1.31. The highest BCUT2D eigenvalue weighted by atomic mass is 35.5. The Morgan fingerprint density at radius 1 is 0.605 bits per heavy atom. The zero-order chi connectivity index (χ0) is 30.6. The second-order valence-electron chi connectivity index (χ2n) is 10.3. The van der Waals surface area contributed by atoms with Crippen LogP contribution in [0.4, 0.5) is 22.0 Å². The van der Waals surface area contributed by atoms with Crippen molar-refractivity contribution in [3.8, 4) is 39.1 Å². The average Bonchev–Trinajstić information content (AvgIpc) is 2.99. The van der Waals surface area contributed by atoms with Crippen molar-refractivity contribution in [2.45, 2.75) is 38.7 Å². The van der Waals surface area contributed by atoms with Crippen molar-refractivity contribution in [2.24, 2.45) is 0 Å². The van der Waals surface area contributed by atoms with Crippen molar-refractivity contribution < 1.29 is 26.7 Å². The van der Waals surface area contributed by atoms with Crippen LogP contribution in [-0.4, -0.2) is 0 Å². The van der Waals surface area contributed by atoms with E-state index in [-0.39, 0.29) is 16.1 Å². The Hall–Kier alpha value is -4.16. The van der Waals surface area contributed by atoms with E-state index < -0.39 is 34.9 Å². The highest BCUT2D eigenvalue weighted by Crippen LogP contribution is 2.36. The molecule has 0 radical (unpaired) electrons. The van der Waals surface area contributed by atoms with Gasteiger partial charge in [0.1, 0.15) is 23.2 Å². The molecule has 0 unspecified atom stereocenters. The smallest absolute Gasteiger partial charge is 0.426 e. The number of alkyl halides is 2. The van der Waals surface area contributed by atoms with Crippen LogP contribution in [0.3, 0.4) is 0 Å². The number of hydrogen-bond acceptors (Lipinski definition) is 1. The zero-order valence-electron chi connectivity index (χ0n) is 23.3. The van der Waals surface area contributed by atoms with E-state index in [0.29, 0.717) is 11.1 Å². The van der Waals surface area contributed by atoms with Gasteiger partial charge in [0.15, 0.2) is 0 Å². The number of rotatable bonds is 10. The van der Waals surface area contributed by atoms with Crippen LogP contribution in [0.1, 0.15) is 37.3 Å². The Labute approximate surface area is 252 Å². The molecule has 0 saturated heterocycles. The molecule has 5 aromatic rings. The molecule has 0 amide bonds. The van der Waals surface area contributed by atoms with Gasteiger partial charge in [-0.2, -0.15) is 8.78 Å². The van der Waals surface area contributed by atoms with Crippen LogP contribution in [0, 0.1) is 17.5 Å². The van der Waals surface area contributed by atoms with Gasteiger partial charge in [0.2, 0.25) is 0 Å². The first-order valence-corrected chi connectivity index (χ1v) is 14.3. The lowest BCUT2D eigenvalue weighted by Gasteiger charge is -2.19. The largest absolute Gasteiger partial charge is 0.429 e. The van der Waals surface area contributed by atoms with Gasteiger partial charge in [0.25, 0.3) is 0 Å². The first kappa shape index (κ1) is 30.3. The summed E-state index contributed by atoms with van der Waals surface area (Å²) < 4.78 is 78.1. The molecule has 0 aliphatic carbocycles. The second kappa shape index (κ2) is 13.0. The first-order chi connectivity index (χ1) is 20.6. The minimum atomic E-state index is -3.78. The molecule has 0 spiro atoms. The van der Waals surface area contributed by atoms with Crippen LogP contribution in [0.25, 0.3) is 33.4 Å². The van der Waals surface area contributed by atoms with Crippen molar-refractivity contribution in [1.82, 2.24) is 0 Å². The molecule has 0 saturated carbocycles. The molecular formula is C36H28ClF5O. The summed E-state index contributed by atoms with van der Waals surface area (Å²) in [5, 5.41) is -0.216. The topological polar surface area (TPSA) is 9.23 Å². The lowest BCUT2D eigenvalue weighted by molar-refractivity contribution is -0.185. The van der Waals surface area contributed by atoms with Gasteiger partial charge in [-0.1, -0.05) is 92.0 Å². The lowest BCUT2D eigenvalue weighted by atomic mass is 9.96. The van der Waals surface area contributed by atoms with Gasteiger partial charge in [0, 0.05) is 17.2 Å². The van der Waals surface area contributed by atoms with Crippen LogP contribution in [0.15, 0.2) is 103 Å². The number of aryl methyl sites for hydroxylation is 1. The molecular weight excluding hydrogens is 579 g/mol. The molecule has 0 aliphatic heterocycles. The van der Waals surface area contributed by atoms with E-state index in [1.54, 1.807) is 18.2 Å². The summed E-state index contributed by atoms with van der Waals surface area (Å²) in [6, 6.07) is 25.1. The number of unbranched alkanes of at least 4 members (excludes halogenated alkanes) is 2. The van der Waals surface area contributed by atoms with Gasteiger partial charge in [-0.3, -0.25) is 0 Å². The van der Waals surface area contributed by atoms with Gasteiger partial charge in [-0.05, 0) is 77.1 Å². The van der Waals surface area contributed by atoms with E-state index in [1.165, 1.54) is 42.3 Å². The third kappa shape index (κ3) is 7.08. The van der Waals surface area contributed by atoms with Crippen molar-refractivity contribution in [3.05, 3.63) is 137 Å². The summed E-state index contributed by atoms with van der Waals surface area (Å²) in [6.45, 7) is 2.17. The number of benzene rings is 5. The second-order valence-corrected chi connectivity index (χ2v) is 10.7. The Bertz CT molecular complexity index is 1720. The van der Waals surface area contributed by atoms with Crippen LogP contribution < -0.4 is 4.74 Å². The van der Waals surface area contributed by atoms with Gasteiger partial charge in [-0.15, -0.1) is 0 Å². The van der Waals surface area contributed by atoms with E-state index in [0.717, 1.165) is 60.7 Å². The molecule has 220 valence electrons. The maximum atomic E-state index is 15.2. The van der Waals surface area contributed by atoms with Crippen LogP contribution in [0.2, 0.25) is 5.02 Å². The summed E-state index contributed by atoms with van der Waals surface area (Å²) in [5.74, 6) is -2.40. The average molecular weight is 607 g/mol. The third-order valence-corrected chi connectivity index (χ3v) is 7.58. The van der Waals surface area contributed by atoms with E-state index in [1.807, 2.05) is 12.1 Å². The Morgan fingerprint density at radius 2 is 1.19 bits per heavy atom. The minimum Gasteiger partial charge on any atom is -0.429 e.